The summed E-state index contributed by atoms with van der Waals surface area (Å²) < 4.78 is 0. The highest BCUT2D eigenvalue weighted by atomic mass is 14.2. The molecule has 0 saturated heterocycles. The second-order valence-electron chi connectivity index (χ2n) is 9.74. The molecule has 0 aliphatic rings. The number of rotatable bonds is 5. The average Bonchev–Trinajstić information content (AvgIpc) is 2.95. The zero-order valence-electron chi connectivity index (χ0n) is 21.4. The minimum Gasteiger partial charge on any atom is -0.0797 e. The average molecular weight is 475 g/mol. The Morgan fingerprint density at radius 2 is 1.22 bits per heavy atom. The first-order valence-electron chi connectivity index (χ1n) is 13.0. The van der Waals surface area contributed by atoms with Crippen LogP contribution in [0.15, 0.2) is 133 Å². The smallest absolute Gasteiger partial charge is 0.00262 e. The van der Waals surface area contributed by atoms with Crippen LogP contribution in [-0.2, 0) is 6.42 Å². The Morgan fingerprint density at radius 3 is 1.86 bits per heavy atom. The first-order valence-corrected chi connectivity index (χ1v) is 13.0. The van der Waals surface area contributed by atoms with Crippen LogP contribution in [0.2, 0.25) is 0 Å². The van der Waals surface area contributed by atoms with Gasteiger partial charge in [-0.05, 0) is 86.5 Å². The van der Waals surface area contributed by atoms with Gasteiger partial charge in [0.25, 0.3) is 0 Å². The molecule has 0 radical (unpaired) electrons. The number of hydrogen-bond acceptors (Lipinski definition) is 0. The Hall–Kier alpha value is -4.42. The third kappa shape index (κ3) is 4.36. The Morgan fingerprint density at radius 1 is 0.622 bits per heavy atom. The summed E-state index contributed by atoms with van der Waals surface area (Å²) in [6, 6.07) is 42.0. The van der Waals surface area contributed by atoms with Gasteiger partial charge >= 0.3 is 0 Å². The molecular formula is C37H30. The molecule has 0 aliphatic heterocycles. The molecule has 0 unspecified atom stereocenters. The monoisotopic (exact) mass is 474 g/mol. The molecule has 0 saturated carbocycles. The van der Waals surface area contributed by atoms with Crippen LogP contribution in [0.5, 0.6) is 0 Å². The van der Waals surface area contributed by atoms with E-state index in [0.29, 0.717) is 0 Å². The second kappa shape index (κ2) is 9.91. The summed E-state index contributed by atoms with van der Waals surface area (Å²) in [5.41, 5.74) is 7.75. The third-order valence-corrected chi connectivity index (χ3v) is 7.34. The van der Waals surface area contributed by atoms with Crippen LogP contribution in [0.25, 0.3) is 49.0 Å². The fraction of sp³-hybridized carbons (Fsp3) is 0.0811. The van der Waals surface area contributed by atoms with E-state index in [4.69, 9.17) is 0 Å². The Labute approximate surface area is 219 Å². The van der Waals surface area contributed by atoms with E-state index in [1.54, 1.807) is 0 Å². The summed E-state index contributed by atoms with van der Waals surface area (Å²) in [4.78, 5) is 0. The summed E-state index contributed by atoms with van der Waals surface area (Å²) in [5, 5.41) is 7.70. The molecule has 37 heavy (non-hydrogen) atoms. The van der Waals surface area contributed by atoms with Crippen molar-refractivity contribution in [1.82, 2.24) is 0 Å². The summed E-state index contributed by atoms with van der Waals surface area (Å²) in [6.45, 7) is 4.28. The van der Waals surface area contributed by atoms with Crippen molar-refractivity contribution in [2.45, 2.75) is 20.3 Å². The topological polar surface area (TPSA) is 0 Å². The fourth-order valence-electron chi connectivity index (χ4n) is 5.47. The molecule has 0 atom stereocenters. The van der Waals surface area contributed by atoms with Gasteiger partial charge in [-0.3, -0.25) is 0 Å². The fourth-order valence-corrected chi connectivity index (χ4v) is 5.47. The van der Waals surface area contributed by atoms with Gasteiger partial charge in [0.15, 0.2) is 0 Å². The molecule has 0 fully saturated rings. The van der Waals surface area contributed by atoms with Gasteiger partial charge in [-0.25, -0.2) is 0 Å². The van der Waals surface area contributed by atoms with E-state index in [1.807, 2.05) is 0 Å². The molecule has 6 rings (SSSR count). The highest BCUT2D eigenvalue weighted by Crippen LogP contribution is 2.42. The predicted octanol–water partition coefficient (Wildman–Crippen LogP) is 10.3. The molecule has 6 aromatic rings. The zero-order valence-corrected chi connectivity index (χ0v) is 21.4. The number of allylic oxidation sites excluding steroid dienone is 4. The van der Waals surface area contributed by atoms with Crippen LogP contribution < -0.4 is 0 Å². The molecule has 0 nitrogen and oxygen atoms in total. The number of hydrogen-bond donors (Lipinski definition) is 0. The lowest BCUT2D eigenvalue weighted by molar-refractivity contribution is 1.26. The Balaban J connectivity index is 1.54. The molecule has 0 aliphatic carbocycles. The molecule has 0 spiro atoms. The van der Waals surface area contributed by atoms with Crippen LogP contribution in [0.4, 0.5) is 0 Å². The largest absolute Gasteiger partial charge is 0.0797 e. The maximum Gasteiger partial charge on any atom is -0.00262 e. The number of fused-ring (bicyclic) bond motifs is 3. The van der Waals surface area contributed by atoms with Crippen LogP contribution in [-0.4, -0.2) is 0 Å². The first kappa shape index (κ1) is 23.0. The SMILES string of the molecule is C/C=C(\C=C/Cc1ccc(C)cc1)c1c2ccccc2c(-c2ccc3ccccc3c2)c2ccccc12. The lowest BCUT2D eigenvalue weighted by atomic mass is 9.85. The van der Waals surface area contributed by atoms with E-state index in [-0.39, 0.29) is 0 Å². The van der Waals surface area contributed by atoms with Gasteiger partial charge in [0, 0.05) is 0 Å². The quantitative estimate of drug-likeness (QED) is 0.172. The molecule has 0 heterocycles. The second-order valence-corrected chi connectivity index (χ2v) is 9.74. The standard InChI is InChI=1S/C37H30/c1-3-28(14-10-11-27-21-19-26(2)20-22-27)36-32-15-6-8-17-34(32)37(35-18-9-7-16-33(35)36)31-24-23-29-12-4-5-13-30(29)25-31/h3-10,12-25H,11H2,1-2H3/b14-10-,28-3+. The van der Waals surface area contributed by atoms with Crippen LogP contribution >= 0.6 is 0 Å². The first-order chi connectivity index (χ1) is 18.2. The maximum absolute atomic E-state index is 2.33. The van der Waals surface area contributed by atoms with Crippen molar-refractivity contribution >= 4 is 37.9 Å². The Kier molecular flexibility index (Phi) is 6.16. The lowest BCUT2D eigenvalue weighted by Gasteiger charge is -2.18. The predicted molar refractivity (Wildman–Crippen MR) is 162 cm³/mol. The summed E-state index contributed by atoms with van der Waals surface area (Å²) in [5.74, 6) is 0. The van der Waals surface area contributed by atoms with Crippen molar-refractivity contribution in [2.75, 3.05) is 0 Å². The molecule has 0 heteroatoms. The summed E-state index contributed by atoms with van der Waals surface area (Å²) in [7, 11) is 0. The van der Waals surface area contributed by atoms with Crippen molar-refractivity contribution in [3.05, 3.63) is 150 Å². The van der Waals surface area contributed by atoms with E-state index in [2.05, 4.69) is 147 Å². The van der Waals surface area contributed by atoms with Crippen molar-refractivity contribution in [3.63, 3.8) is 0 Å². The van der Waals surface area contributed by atoms with Gasteiger partial charge < -0.3 is 0 Å². The van der Waals surface area contributed by atoms with Crippen LogP contribution in [0, 0.1) is 6.92 Å². The summed E-state index contributed by atoms with van der Waals surface area (Å²) in [6.07, 6.45) is 7.75. The van der Waals surface area contributed by atoms with E-state index < -0.39 is 0 Å². The molecule has 0 aromatic heterocycles. The summed E-state index contributed by atoms with van der Waals surface area (Å²) >= 11 is 0. The van der Waals surface area contributed by atoms with Crippen LogP contribution in [0.3, 0.4) is 0 Å². The molecular weight excluding hydrogens is 444 g/mol. The van der Waals surface area contributed by atoms with E-state index in [0.717, 1.165) is 6.42 Å². The van der Waals surface area contributed by atoms with E-state index in [9.17, 15) is 0 Å². The third-order valence-electron chi connectivity index (χ3n) is 7.34. The zero-order chi connectivity index (χ0) is 25.2. The van der Waals surface area contributed by atoms with Gasteiger partial charge in [0.1, 0.15) is 0 Å². The highest BCUT2D eigenvalue weighted by molar-refractivity contribution is 6.19. The normalized spacial score (nSPS) is 12.2. The van der Waals surface area contributed by atoms with Crippen molar-refractivity contribution in [2.24, 2.45) is 0 Å². The van der Waals surface area contributed by atoms with Gasteiger partial charge in [-0.1, -0.05) is 133 Å². The molecule has 0 bridgehead atoms. The minimum atomic E-state index is 0.919. The Bertz CT molecular complexity index is 1740. The number of aryl methyl sites for hydroxylation is 1. The van der Waals surface area contributed by atoms with Crippen molar-refractivity contribution in [1.29, 1.82) is 0 Å². The number of benzene rings is 6. The molecule has 0 N–H and O–H groups in total. The van der Waals surface area contributed by atoms with E-state index in [1.165, 1.54) is 65.7 Å². The molecule has 6 aromatic carbocycles. The highest BCUT2D eigenvalue weighted by Gasteiger charge is 2.16. The van der Waals surface area contributed by atoms with Gasteiger partial charge in [0.05, 0.1) is 0 Å². The molecule has 0 amide bonds. The van der Waals surface area contributed by atoms with Crippen LogP contribution in [0.1, 0.15) is 23.6 Å². The van der Waals surface area contributed by atoms with Crippen molar-refractivity contribution < 1.29 is 0 Å². The van der Waals surface area contributed by atoms with Gasteiger partial charge in [0.2, 0.25) is 0 Å². The lowest BCUT2D eigenvalue weighted by Crippen LogP contribution is -1.93. The minimum absolute atomic E-state index is 0.919. The van der Waals surface area contributed by atoms with Gasteiger partial charge in [-0.2, -0.15) is 0 Å². The van der Waals surface area contributed by atoms with E-state index >= 15 is 0 Å². The van der Waals surface area contributed by atoms with Gasteiger partial charge in [-0.15, -0.1) is 0 Å². The molecule has 178 valence electrons. The van der Waals surface area contributed by atoms with Crippen molar-refractivity contribution in [3.8, 4) is 11.1 Å². The maximum atomic E-state index is 2.33.